The molecule has 0 radical (unpaired) electrons. The van der Waals surface area contributed by atoms with Gasteiger partial charge in [-0.3, -0.25) is 9.59 Å². The Hall–Kier alpha value is -4.33. The summed E-state index contributed by atoms with van der Waals surface area (Å²) in [7, 11) is 1.50. The topological polar surface area (TPSA) is 100 Å². The van der Waals surface area contributed by atoms with Crippen LogP contribution in [0.15, 0.2) is 60.7 Å². The van der Waals surface area contributed by atoms with Crippen LogP contribution >= 0.6 is 0 Å². The Morgan fingerprint density at radius 1 is 0.912 bits per heavy atom. The number of nitrogens with one attached hydrogen (secondary N) is 1. The van der Waals surface area contributed by atoms with Crippen molar-refractivity contribution in [1.29, 1.82) is 0 Å². The van der Waals surface area contributed by atoms with Gasteiger partial charge in [-0.25, -0.2) is 4.79 Å². The Labute approximate surface area is 196 Å². The minimum absolute atomic E-state index is 0.0586. The first-order valence-electron chi connectivity index (χ1n) is 10.6. The van der Waals surface area contributed by atoms with Crippen molar-refractivity contribution in [2.45, 2.75) is 6.92 Å². The van der Waals surface area contributed by atoms with E-state index in [2.05, 4.69) is 5.32 Å². The van der Waals surface area contributed by atoms with E-state index < -0.39 is 18.5 Å². The minimum Gasteiger partial charge on any atom is -0.495 e. The molecule has 0 bridgehead atoms. The van der Waals surface area contributed by atoms with Crippen LogP contribution in [0.4, 0.5) is 5.69 Å². The molecule has 3 aromatic rings. The van der Waals surface area contributed by atoms with Crippen molar-refractivity contribution >= 4 is 23.3 Å². The molecule has 3 aromatic carbocycles. The van der Waals surface area contributed by atoms with Crippen molar-refractivity contribution in [3.05, 3.63) is 82.9 Å². The Kier molecular flexibility index (Phi) is 6.77. The second-order valence-electron chi connectivity index (χ2n) is 7.56. The zero-order chi connectivity index (χ0) is 24.1. The zero-order valence-electron chi connectivity index (χ0n) is 18.8. The Morgan fingerprint density at radius 2 is 1.65 bits per heavy atom. The summed E-state index contributed by atoms with van der Waals surface area (Å²) in [6, 6.07) is 16.5. The smallest absolute Gasteiger partial charge is 0.339 e. The Bertz CT molecular complexity index is 1250. The van der Waals surface area contributed by atoms with E-state index >= 15 is 0 Å². The number of carbonyl (C=O) groups is 3. The molecule has 0 aromatic heterocycles. The van der Waals surface area contributed by atoms with Crippen LogP contribution in [-0.2, 0) is 9.53 Å². The Balaban J connectivity index is 1.46. The number of hydrogen-bond acceptors (Lipinski definition) is 7. The summed E-state index contributed by atoms with van der Waals surface area (Å²) in [5.41, 5.74) is 1.96. The normalized spacial score (nSPS) is 11.9. The number of rotatable bonds is 7. The second kappa shape index (κ2) is 10.1. The Morgan fingerprint density at radius 3 is 2.41 bits per heavy atom. The third-order valence-electron chi connectivity index (χ3n) is 5.16. The number of hydrogen-bond donors (Lipinski definition) is 1. The van der Waals surface area contributed by atoms with Gasteiger partial charge in [-0.1, -0.05) is 24.3 Å². The monoisotopic (exact) mass is 461 g/mol. The minimum atomic E-state index is -0.784. The molecule has 0 saturated heterocycles. The van der Waals surface area contributed by atoms with Gasteiger partial charge in [0.2, 0.25) is 0 Å². The molecule has 1 aliphatic rings. The highest BCUT2D eigenvalue weighted by molar-refractivity contribution is 6.14. The fraction of sp³-hybridized carbons (Fsp3) is 0.192. The number of benzene rings is 3. The molecule has 1 amide bonds. The van der Waals surface area contributed by atoms with E-state index in [0.29, 0.717) is 41.7 Å². The van der Waals surface area contributed by atoms with Gasteiger partial charge in [0, 0.05) is 11.1 Å². The number of ether oxygens (including phenoxy) is 4. The van der Waals surface area contributed by atoms with Crippen LogP contribution < -0.4 is 19.5 Å². The number of ketones is 1. The number of amides is 1. The van der Waals surface area contributed by atoms with Crippen LogP contribution in [0.5, 0.6) is 17.2 Å². The molecule has 0 spiro atoms. The van der Waals surface area contributed by atoms with E-state index in [0.717, 1.165) is 5.56 Å². The van der Waals surface area contributed by atoms with Crippen molar-refractivity contribution in [3.63, 3.8) is 0 Å². The third-order valence-corrected chi connectivity index (χ3v) is 5.16. The number of carbonyl (C=O) groups excluding carboxylic acids is 3. The van der Waals surface area contributed by atoms with E-state index in [1.165, 1.54) is 19.2 Å². The SMILES string of the molecule is COc1ccc(C)cc1NC(=O)COC(=O)c1ccccc1C(=O)c1ccc2c(c1)OCCO2. The van der Waals surface area contributed by atoms with Gasteiger partial charge in [0.1, 0.15) is 19.0 Å². The van der Waals surface area contributed by atoms with E-state index in [-0.39, 0.29) is 16.9 Å². The predicted octanol–water partition coefficient (Wildman–Crippen LogP) is 3.80. The lowest BCUT2D eigenvalue weighted by Gasteiger charge is -2.18. The number of esters is 1. The first-order chi connectivity index (χ1) is 16.5. The van der Waals surface area contributed by atoms with Crippen LogP contribution in [0.1, 0.15) is 31.8 Å². The summed E-state index contributed by atoms with van der Waals surface area (Å²) in [6.07, 6.45) is 0. The highest BCUT2D eigenvalue weighted by Gasteiger charge is 2.22. The summed E-state index contributed by atoms with van der Waals surface area (Å²) < 4.78 is 21.5. The molecule has 1 heterocycles. The van der Waals surface area contributed by atoms with Crippen LogP contribution in [0, 0.1) is 6.92 Å². The molecule has 0 unspecified atom stereocenters. The summed E-state index contributed by atoms with van der Waals surface area (Å²) in [5.74, 6) is -0.174. The summed E-state index contributed by atoms with van der Waals surface area (Å²) >= 11 is 0. The standard InChI is InChI=1S/C26H23NO7/c1-16-7-9-21(31-2)20(13-16)27-24(28)15-34-26(30)19-6-4-3-5-18(19)25(29)17-8-10-22-23(14-17)33-12-11-32-22/h3-10,13-14H,11-12,15H2,1-2H3,(H,27,28). The fourth-order valence-electron chi connectivity index (χ4n) is 3.51. The number of aryl methyl sites for hydroxylation is 1. The van der Waals surface area contributed by atoms with Crippen LogP contribution in [0.3, 0.4) is 0 Å². The molecular weight excluding hydrogens is 438 g/mol. The molecule has 1 aliphatic heterocycles. The largest absolute Gasteiger partial charge is 0.495 e. The van der Waals surface area contributed by atoms with Crippen molar-refractivity contribution in [2.75, 3.05) is 32.2 Å². The fourth-order valence-corrected chi connectivity index (χ4v) is 3.51. The molecule has 174 valence electrons. The highest BCUT2D eigenvalue weighted by Crippen LogP contribution is 2.32. The quantitative estimate of drug-likeness (QED) is 0.422. The van der Waals surface area contributed by atoms with Gasteiger partial charge in [0.05, 0.1) is 18.4 Å². The molecule has 0 fully saturated rings. The van der Waals surface area contributed by atoms with Gasteiger partial charge < -0.3 is 24.3 Å². The molecule has 34 heavy (non-hydrogen) atoms. The predicted molar refractivity (Wildman–Crippen MR) is 124 cm³/mol. The van der Waals surface area contributed by atoms with Gasteiger partial charge in [-0.2, -0.15) is 0 Å². The maximum Gasteiger partial charge on any atom is 0.339 e. The van der Waals surface area contributed by atoms with Crippen LogP contribution in [0.25, 0.3) is 0 Å². The van der Waals surface area contributed by atoms with Crippen molar-refractivity contribution in [3.8, 4) is 17.2 Å². The molecule has 8 heteroatoms. The average molecular weight is 461 g/mol. The summed E-state index contributed by atoms with van der Waals surface area (Å²) in [4.78, 5) is 38.3. The lowest BCUT2D eigenvalue weighted by molar-refractivity contribution is -0.119. The van der Waals surface area contributed by atoms with Crippen molar-refractivity contribution in [1.82, 2.24) is 0 Å². The van der Waals surface area contributed by atoms with Crippen LogP contribution in [-0.4, -0.2) is 44.6 Å². The summed E-state index contributed by atoms with van der Waals surface area (Å²) in [6.45, 7) is 2.19. The molecule has 4 rings (SSSR count). The molecule has 1 N–H and O–H groups in total. The lowest BCUT2D eigenvalue weighted by Crippen LogP contribution is -2.22. The van der Waals surface area contributed by atoms with E-state index in [1.807, 2.05) is 13.0 Å². The van der Waals surface area contributed by atoms with E-state index in [9.17, 15) is 14.4 Å². The first-order valence-corrected chi connectivity index (χ1v) is 10.6. The van der Waals surface area contributed by atoms with E-state index in [4.69, 9.17) is 18.9 Å². The molecule has 0 aliphatic carbocycles. The second-order valence-corrected chi connectivity index (χ2v) is 7.56. The molecular formula is C26H23NO7. The lowest BCUT2D eigenvalue weighted by atomic mass is 9.98. The first kappa shape index (κ1) is 22.8. The maximum atomic E-state index is 13.1. The average Bonchev–Trinajstić information content (AvgIpc) is 2.86. The van der Waals surface area contributed by atoms with Crippen molar-refractivity contribution < 1.29 is 33.3 Å². The molecule has 0 atom stereocenters. The zero-order valence-corrected chi connectivity index (χ0v) is 18.8. The number of methoxy groups -OCH3 is 1. The van der Waals surface area contributed by atoms with Gasteiger partial charge in [-0.05, 0) is 48.9 Å². The maximum absolute atomic E-state index is 13.1. The van der Waals surface area contributed by atoms with Crippen LogP contribution in [0.2, 0.25) is 0 Å². The summed E-state index contributed by atoms with van der Waals surface area (Å²) in [5, 5.41) is 2.67. The number of anilines is 1. The van der Waals surface area contributed by atoms with Gasteiger partial charge >= 0.3 is 5.97 Å². The third kappa shape index (κ3) is 5.01. The van der Waals surface area contributed by atoms with Gasteiger partial charge in [-0.15, -0.1) is 0 Å². The number of fused-ring (bicyclic) bond motifs is 1. The molecule has 0 saturated carbocycles. The van der Waals surface area contributed by atoms with Crippen molar-refractivity contribution in [2.24, 2.45) is 0 Å². The molecule has 8 nitrogen and oxygen atoms in total. The van der Waals surface area contributed by atoms with Gasteiger partial charge in [0.25, 0.3) is 5.91 Å². The van der Waals surface area contributed by atoms with Gasteiger partial charge in [0.15, 0.2) is 23.9 Å². The van der Waals surface area contributed by atoms with E-state index in [1.54, 1.807) is 42.5 Å². The highest BCUT2D eigenvalue weighted by atomic mass is 16.6.